The van der Waals surface area contributed by atoms with Crippen LogP contribution in [0.3, 0.4) is 0 Å². The molecular weight excluding hydrogens is 284 g/mol. The van der Waals surface area contributed by atoms with Crippen molar-refractivity contribution in [2.75, 3.05) is 44.2 Å². The minimum atomic E-state index is -0.650. The molecule has 0 unspecified atom stereocenters. The molecule has 1 aliphatic rings. The van der Waals surface area contributed by atoms with Gasteiger partial charge in [0.15, 0.2) is 0 Å². The summed E-state index contributed by atoms with van der Waals surface area (Å²) in [7, 11) is 0. The maximum absolute atomic E-state index is 14.1. The summed E-state index contributed by atoms with van der Waals surface area (Å²) in [5, 5.41) is 8.87. The van der Waals surface area contributed by atoms with Gasteiger partial charge in [-0.05, 0) is 12.1 Å². The monoisotopic (exact) mass is 301 g/mol. The Morgan fingerprint density at radius 2 is 1.75 bits per heavy atom. The summed E-state index contributed by atoms with van der Waals surface area (Å²) >= 11 is 4.73. The van der Waals surface area contributed by atoms with Crippen LogP contribution >= 0.6 is 12.2 Å². The van der Waals surface area contributed by atoms with E-state index in [4.69, 9.17) is 23.1 Å². The predicted molar refractivity (Wildman–Crippen MR) is 78.0 cm³/mol. The van der Waals surface area contributed by atoms with E-state index in [0.29, 0.717) is 32.7 Å². The zero-order valence-electron chi connectivity index (χ0n) is 11.0. The van der Waals surface area contributed by atoms with Crippen LogP contribution < -0.4 is 10.6 Å². The van der Waals surface area contributed by atoms with E-state index in [0.717, 1.165) is 0 Å². The van der Waals surface area contributed by atoms with Crippen molar-refractivity contribution >= 4 is 22.9 Å². The lowest BCUT2D eigenvalue weighted by molar-refractivity contribution is 0.188. The average molecular weight is 301 g/mol. The number of halogens is 2. The van der Waals surface area contributed by atoms with Crippen LogP contribution in [0.2, 0.25) is 0 Å². The van der Waals surface area contributed by atoms with Gasteiger partial charge >= 0.3 is 0 Å². The number of piperazine rings is 1. The molecule has 7 heteroatoms. The number of hydrogen-bond donors (Lipinski definition) is 2. The second-order valence-electron chi connectivity index (χ2n) is 4.71. The highest BCUT2D eigenvalue weighted by atomic mass is 32.1. The van der Waals surface area contributed by atoms with Gasteiger partial charge in [-0.25, -0.2) is 8.78 Å². The standard InChI is InChI=1S/C13H17F2N3OS/c14-10-7-9(13(16)20)8-11(15)12(10)18-3-1-17(2-4-18)5-6-19/h7-8,19H,1-6H2,(H2,16,20). The third kappa shape index (κ3) is 3.23. The highest BCUT2D eigenvalue weighted by Crippen LogP contribution is 2.26. The highest BCUT2D eigenvalue weighted by Gasteiger charge is 2.23. The van der Waals surface area contributed by atoms with Gasteiger partial charge in [0.2, 0.25) is 0 Å². The van der Waals surface area contributed by atoms with Crippen molar-refractivity contribution in [3.8, 4) is 0 Å². The molecule has 0 saturated carbocycles. The topological polar surface area (TPSA) is 52.7 Å². The molecule has 0 aromatic heterocycles. The minimum Gasteiger partial charge on any atom is -0.395 e. The highest BCUT2D eigenvalue weighted by molar-refractivity contribution is 7.80. The summed E-state index contributed by atoms with van der Waals surface area (Å²) in [6.07, 6.45) is 0. The molecule has 1 aromatic rings. The van der Waals surface area contributed by atoms with Crippen LogP contribution in [0.25, 0.3) is 0 Å². The number of nitrogens with zero attached hydrogens (tertiary/aromatic N) is 2. The Balaban J connectivity index is 2.16. The number of aliphatic hydroxyl groups is 1. The first-order chi connectivity index (χ1) is 9.52. The molecule has 0 bridgehead atoms. The van der Waals surface area contributed by atoms with Gasteiger partial charge in [-0.3, -0.25) is 4.90 Å². The number of rotatable bonds is 4. The molecule has 1 saturated heterocycles. The zero-order chi connectivity index (χ0) is 14.7. The molecule has 0 aliphatic carbocycles. The van der Waals surface area contributed by atoms with E-state index in [2.05, 4.69) is 4.90 Å². The second-order valence-corrected chi connectivity index (χ2v) is 5.14. The summed E-state index contributed by atoms with van der Waals surface area (Å²) < 4.78 is 28.1. The maximum Gasteiger partial charge on any atom is 0.150 e. The number of nitrogens with two attached hydrogens (primary N) is 1. The Hall–Kier alpha value is -1.31. The van der Waals surface area contributed by atoms with E-state index in [9.17, 15) is 8.78 Å². The van der Waals surface area contributed by atoms with E-state index in [1.807, 2.05) is 0 Å². The third-order valence-electron chi connectivity index (χ3n) is 3.41. The van der Waals surface area contributed by atoms with Crippen molar-refractivity contribution in [3.05, 3.63) is 29.3 Å². The third-order valence-corrected chi connectivity index (χ3v) is 3.64. The van der Waals surface area contributed by atoms with Crippen LogP contribution in [0.1, 0.15) is 5.56 Å². The molecule has 0 spiro atoms. The van der Waals surface area contributed by atoms with E-state index in [1.54, 1.807) is 4.90 Å². The van der Waals surface area contributed by atoms with Crippen molar-refractivity contribution in [2.45, 2.75) is 0 Å². The largest absolute Gasteiger partial charge is 0.395 e. The second kappa shape index (κ2) is 6.43. The van der Waals surface area contributed by atoms with E-state index in [-0.39, 0.29) is 22.8 Å². The van der Waals surface area contributed by atoms with Crippen LogP contribution in [-0.4, -0.2) is 54.3 Å². The van der Waals surface area contributed by atoms with E-state index < -0.39 is 11.6 Å². The minimum absolute atomic E-state index is 0.0258. The molecule has 0 amide bonds. The Labute approximate surface area is 121 Å². The van der Waals surface area contributed by atoms with Crippen LogP contribution in [0.4, 0.5) is 14.5 Å². The SMILES string of the molecule is NC(=S)c1cc(F)c(N2CCN(CCO)CC2)c(F)c1. The molecule has 1 aliphatic heterocycles. The molecule has 1 aromatic carbocycles. The van der Waals surface area contributed by atoms with Crippen molar-refractivity contribution < 1.29 is 13.9 Å². The molecule has 1 fully saturated rings. The number of thiocarbonyl (C=S) groups is 1. The Kier molecular flexibility index (Phi) is 4.85. The number of benzene rings is 1. The summed E-state index contributed by atoms with van der Waals surface area (Å²) in [6, 6.07) is 2.34. The van der Waals surface area contributed by atoms with Gasteiger partial charge in [0.05, 0.1) is 6.61 Å². The lowest BCUT2D eigenvalue weighted by Crippen LogP contribution is -2.47. The van der Waals surface area contributed by atoms with Crippen molar-refractivity contribution in [1.29, 1.82) is 0 Å². The van der Waals surface area contributed by atoms with Gasteiger partial charge in [-0.15, -0.1) is 0 Å². The van der Waals surface area contributed by atoms with E-state index in [1.165, 1.54) is 12.1 Å². The zero-order valence-corrected chi connectivity index (χ0v) is 11.8. The first-order valence-corrected chi connectivity index (χ1v) is 6.80. The van der Waals surface area contributed by atoms with Gasteiger partial charge in [0, 0.05) is 38.3 Å². The quantitative estimate of drug-likeness (QED) is 0.803. The van der Waals surface area contributed by atoms with Gasteiger partial charge in [0.25, 0.3) is 0 Å². The molecule has 2 rings (SSSR count). The fraction of sp³-hybridized carbons (Fsp3) is 0.462. The van der Waals surface area contributed by atoms with Crippen molar-refractivity contribution in [1.82, 2.24) is 4.90 Å². The fourth-order valence-corrected chi connectivity index (χ4v) is 2.46. The molecule has 3 N–H and O–H groups in total. The van der Waals surface area contributed by atoms with Crippen LogP contribution in [0.15, 0.2) is 12.1 Å². The summed E-state index contributed by atoms with van der Waals surface area (Å²) in [5.41, 5.74) is 5.54. The first-order valence-electron chi connectivity index (χ1n) is 6.40. The van der Waals surface area contributed by atoms with Crippen molar-refractivity contribution in [2.24, 2.45) is 5.73 Å². The summed E-state index contributed by atoms with van der Waals surface area (Å²) in [4.78, 5) is 3.69. The molecule has 4 nitrogen and oxygen atoms in total. The Morgan fingerprint density at radius 1 is 1.20 bits per heavy atom. The number of β-amino-alcohol motifs (C(OH)–C–C–N with tert-alkyl or cyclic N) is 1. The number of hydrogen-bond acceptors (Lipinski definition) is 4. The lowest BCUT2D eigenvalue weighted by Gasteiger charge is -2.36. The predicted octanol–water partition coefficient (Wildman–Crippen LogP) is 0.713. The molecule has 0 radical (unpaired) electrons. The van der Waals surface area contributed by atoms with Crippen LogP contribution in [0.5, 0.6) is 0 Å². The lowest BCUT2D eigenvalue weighted by atomic mass is 10.1. The average Bonchev–Trinajstić information content (AvgIpc) is 2.40. The molecule has 1 heterocycles. The van der Waals surface area contributed by atoms with Crippen LogP contribution in [0, 0.1) is 11.6 Å². The van der Waals surface area contributed by atoms with Gasteiger partial charge in [-0.2, -0.15) is 0 Å². The maximum atomic E-state index is 14.1. The van der Waals surface area contributed by atoms with Gasteiger partial charge in [0.1, 0.15) is 22.3 Å². The summed E-state index contributed by atoms with van der Waals surface area (Å²) in [5.74, 6) is -1.30. The van der Waals surface area contributed by atoms with Gasteiger partial charge in [-0.1, -0.05) is 12.2 Å². The summed E-state index contributed by atoms with van der Waals surface area (Å²) in [6.45, 7) is 3.03. The molecule has 0 atom stereocenters. The smallest absolute Gasteiger partial charge is 0.150 e. The fourth-order valence-electron chi connectivity index (χ4n) is 2.35. The van der Waals surface area contributed by atoms with E-state index >= 15 is 0 Å². The number of aliphatic hydroxyl groups excluding tert-OH is 1. The molecule has 20 heavy (non-hydrogen) atoms. The number of anilines is 1. The van der Waals surface area contributed by atoms with Crippen molar-refractivity contribution in [3.63, 3.8) is 0 Å². The normalized spacial score (nSPS) is 16.4. The Bertz CT molecular complexity index is 481. The van der Waals surface area contributed by atoms with Crippen LogP contribution in [-0.2, 0) is 0 Å². The molecular formula is C13H17F2N3OS. The van der Waals surface area contributed by atoms with Gasteiger partial charge < -0.3 is 15.7 Å². The Morgan fingerprint density at radius 3 is 2.20 bits per heavy atom. The first kappa shape index (κ1) is 15.1. The molecule has 110 valence electrons.